The van der Waals surface area contributed by atoms with E-state index in [1.165, 1.54) is 43.7 Å². The molecule has 1 fully saturated rings. The van der Waals surface area contributed by atoms with E-state index in [9.17, 15) is 4.79 Å². The molecule has 0 aromatic heterocycles. The Kier molecular flexibility index (Phi) is 4.46. The van der Waals surface area contributed by atoms with Crippen molar-refractivity contribution in [3.63, 3.8) is 0 Å². The van der Waals surface area contributed by atoms with Crippen molar-refractivity contribution in [2.75, 3.05) is 7.11 Å². The van der Waals surface area contributed by atoms with E-state index >= 15 is 0 Å². The Balaban J connectivity index is 2.41. The summed E-state index contributed by atoms with van der Waals surface area (Å²) in [6.45, 7) is 0. The molecule has 4 heteroatoms. The predicted octanol–water partition coefficient (Wildman–Crippen LogP) is 1.18. The first-order valence-electron chi connectivity index (χ1n) is 5.03. The lowest BCUT2D eigenvalue weighted by Crippen LogP contribution is -2.45. The van der Waals surface area contributed by atoms with E-state index in [1.807, 2.05) is 0 Å². The summed E-state index contributed by atoms with van der Waals surface area (Å²) in [7, 11) is 1.51. The van der Waals surface area contributed by atoms with E-state index in [-0.39, 0.29) is 11.9 Å². The molecular weight excluding hydrogens is 180 g/mol. The zero-order chi connectivity index (χ0) is 10.4. The lowest BCUT2D eigenvalue weighted by atomic mass is 9.95. The van der Waals surface area contributed by atoms with Crippen molar-refractivity contribution < 1.29 is 9.53 Å². The van der Waals surface area contributed by atoms with Crippen LogP contribution in [-0.4, -0.2) is 24.1 Å². The highest BCUT2D eigenvalue weighted by atomic mass is 16.5. The summed E-state index contributed by atoms with van der Waals surface area (Å²) >= 11 is 0. The summed E-state index contributed by atoms with van der Waals surface area (Å²) in [5.74, 6) is 5.53. The fraction of sp³-hybridized carbons (Fsp3) is 0.700. The summed E-state index contributed by atoms with van der Waals surface area (Å²) in [6, 6.07) is 0.206. The minimum atomic E-state index is -0.182. The van der Waals surface area contributed by atoms with E-state index < -0.39 is 0 Å². The van der Waals surface area contributed by atoms with Gasteiger partial charge in [0.1, 0.15) is 0 Å². The van der Waals surface area contributed by atoms with Crippen LogP contribution in [-0.2, 0) is 9.53 Å². The average molecular weight is 198 g/mol. The predicted molar refractivity (Wildman–Crippen MR) is 54.1 cm³/mol. The van der Waals surface area contributed by atoms with Crippen LogP contribution in [0.25, 0.3) is 0 Å². The summed E-state index contributed by atoms with van der Waals surface area (Å²) in [5, 5.41) is 1.33. The molecule has 0 heterocycles. The van der Waals surface area contributed by atoms with E-state index in [0.717, 1.165) is 12.8 Å². The molecule has 14 heavy (non-hydrogen) atoms. The van der Waals surface area contributed by atoms with Crippen LogP contribution in [0, 0.1) is 0 Å². The van der Waals surface area contributed by atoms with Gasteiger partial charge in [-0.15, -0.1) is 0 Å². The van der Waals surface area contributed by atoms with Crippen molar-refractivity contribution in [3.05, 3.63) is 12.3 Å². The third-order valence-electron chi connectivity index (χ3n) is 2.57. The highest BCUT2D eigenvalue weighted by Gasteiger charge is 2.21. The molecule has 0 spiro atoms. The maximum Gasteiger partial charge on any atom is 0.263 e. The van der Waals surface area contributed by atoms with Crippen molar-refractivity contribution in [1.82, 2.24) is 5.01 Å². The maximum absolute atomic E-state index is 11.4. The Morgan fingerprint density at radius 1 is 1.43 bits per heavy atom. The Morgan fingerprint density at radius 3 is 2.64 bits per heavy atom. The number of nitrogens with two attached hydrogens (primary N) is 1. The van der Waals surface area contributed by atoms with Gasteiger partial charge in [0.25, 0.3) is 5.91 Å². The number of carbonyl (C=O) groups is 1. The number of methoxy groups -OCH3 is 1. The second-order valence-corrected chi connectivity index (χ2v) is 3.58. The van der Waals surface area contributed by atoms with E-state index in [4.69, 9.17) is 5.84 Å². The second-order valence-electron chi connectivity index (χ2n) is 3.58. The Labute approximate surface area is 84.7 Å². The first-order chi connectivity index (χ1) is 6.75. The van der Waals surface area contributed by atoms with Gasteiger partial charge in [-0.25, -0.2) is 5.84 Å². The lowest BCUT2D eigenvalue weighted by Gasteiger charge is -2.29. The van der Waals surface area contributed by atoms with Gasteiger partial charge in [-0.2, -0.15) is 0 Å². The van der Waals surface area contributed by atoms with Crippen molar-refractivity contribution >= 4 is 5.91 Å². The van der Waals surface area contributed by atoms with Crippen LogP contribution in [0.15, 0.2) is 12.3 Å². The minimum absolute atomic E-state index is 0.182. The highest BCUT2D eigenvalue weighted by Crippen LogP contribution is 2.20. The van der Waals surface area contributed by atoms with Crippen LogP contribution < -0.4 is 5.84 Å². The third kappa shape index (κ3) is 3.03. The van der Waals surface area contributed by atoms with Gasteiger partial charge in [0.2, 0.25) is 0 Å². The van der Waals surface area contributed by atoms with Gasteiger partial charge in [0.05, 0.1) is 13.4 Å². The molecule has 4 nitrogen and oxygen atoms in total. The number of ether oxygens (including phenoxy) is 1. The lowest BCUT2D eigenvalue weighted by molar-refractivity contribution is -0.129. The van der Waals surface area contributed by atoms with Crippen LogP contribution in [0.5, 0.6) is 0 Å². The van der Waals surface area contributed by atoms with Crippen molar-refractivity contribution in [3.8, 4) is 0 Å². The summed E-state index contributed by atoms with van der Waals surface area (Å²) in [5.41, 5.74) is 0. The van der Waals surface area contributed by atoms with E-state index in [1.54, 1.807) is 0 Å². The number of nitrogens with zero attached hydrogens (tertiary/aromatic N) is 1. The molecule has 1 rings (SSSR count). The topological polar surface area (TPSA) is 55.6 Å². The quantitative estimate of drug-likeness (QED) is 0.243. The van der Waals surface area contributed by atoms with Gasteiger partial charge in [-0.3, -0.25) is 9.80 Å². The molecule has 0 aromatic carbocycles. The Bertz CT molecular complexity index is 210. The Hall–Kier alpha value is -1.03. The minimum Gasteiger partial charge on any atom is -0.504 e. The molecule has 0 bridgehead atoms. The summed E-state index contributed by atoms with van der Waals surface area (Å²) < 4.78 is 4.67. The van der Waals surface area contributed by atoms with Crippen molar-refractivity contribution in [1.29, 1.82) is 0 Å². The molecule has 1 aliphatic rings. The van der Waals surface area contributed by atoms with Crippen molar-refractivity contribution in [2.24, 2.45) is 5.84 Å². The van der Waals surface area contributed by atoms with E-state index in [2.05, 4.69) is 4.74 Å². The normalized spacial score (nSPS) is 18.4. The van der Waals surface area contributed by atoms with Crippen LogP contribution in [0.4, 0.5) is 0 Å². The van der Waals surface area contributed by atoms with Gasteiger partial charge in [0, 0.05) is 12.1 Å². The molecule has 0 unspecified atom stereocenters. The zero-order valence-electron chi connectivity index (χ0n) is 8.61. The smallest absolute Gasteiger partial charge is 0.263 e. The molecule has 0 radical (unpaired) electrons. The molecule has 0 aliphatic heterocycles. The number of hydrazine groups is 1. The zero-order valence-corrected chi connectivity index (χ0v) is 8.61. The molecule has 0 saturated heterocycles. The number of rotatable bonds is 3. The number of amides is 1. The Morgan fingerprint density at radius 2 is 2.07 bits per heavy atom. The van der Waals surface area contributed by atoms with Gasteiger partial charge in [0.15, 0.2) is 0 Å². The summed E-state index contributed by atoms with van der Waals surface area (Å²) in [4.78, 5) is 11.4. The molecule has 80 valence electrons. The molecule has 1 saturated carbocycles. The molecule has 1 amide bonds. The molecule has 0 atom stereocenters. The van der Waals surface area contributed by atoms with Gasteiger partial charge in [-0.05, 0) is 12.8 Å². The summed E-state index contributed by atoms with van der Waals surface area (Å²) in [6.07, 6.45) is 8.33. The molecule has 2 N–H and O–H groups in total. The average Bonchev–Trinajstić information content (AvgIpc) is 2.26. The molecule has 0 aromatic rings. The standard InChI is InChI=1S/C10H18N2O2/c1-14-8-7-10(13)12(11)9-5-3-2-4-6-9/h7-9H,2-6,11H2,1H3/b8-7+. The number of hydrogen-bond acceptors (Lipinski definition) is 3. The first-order valence-corrected chi connectivity index (χ1v) is 5.03. The fourth-order valence-corrected chi connectivity index (χ4v) is 1.75. The van der Waals surface area contributed by atoms with Crippen molar-refractivity contribution in [2.45, 2.75) is 38.1 Å². The van der Waals surface area contributed by atoms with Gasteiger partial charge in [-0.1, -0.05) is 19.3 Å². The SMILES string of the molecule is CO/C=C/C(=O)N(N)C1CCCCC1. The van der Waals surface area contributed by atoms with E-state index in [0.29, 0.717) is 0 Å². The number of hydrogen-bond donors (Lipinski definition) is 1. The largest absolute Gasteiger partial charge is 0.504 e. The monoisotopic (exact) mass is 198 g/mol. The maximum atomic E-state index is 11.4. The third-order valence-corrected chi connectivity index (χ3v) is 2.57. The number of carbonyl (C=O) groups excluding carboxylic acids is 1. The molecule has 1 aliphatic carbocycles. The first kappa shape index (κ1) is 11.0. The fourth-order valence-electron chi connectivity index (χ4n) is 1.75. The second kappa shape index (κ2) is 5.65. The van der Waals surface area contributed by atoms with Gasteiger partial charge >= 0.3 is 0 Å². The van der Waals surface area contributed by atoms with Crippen LogP contribution in [0.2, 0.25) is 0 Å². The van der Waals surface area contributed by atoms with Crippen LogP contribution in [0.3, 0.4) is 0 Å². The van der Waals surface area contributed by atoms with Crippen LogP contribution >= 0.6 is 0 Å². The van der Waals surface area contributed by atoms with Gasteiger partial charge < -0.3 is 4.74 Å². The highest BCUT2D eigenvalue weighted by molar-refractivity contribution is 5.87. The van der Waals surface area contributed by atoms with Crippen LogP contribution in [0.1, 0.15) is 32.1 Å². The molecular formula is C10H18N2O2.